The monoisotopic (exact) mass is 623 g/mol. The minimum Gasteiger partial charge on any atom is -0.393 e. The molecule has 2 heterocycles. The Morgan fingerprint density at radius 2 is 1.98 bits per heavy atom. The van der Waals surface area contributed by atoms with E-state index in [0.717, 1.165) is 10.6 Å². The van der Waals surface area contributed by atoms with Crippen LogP contribution in [-0.4, -0.2) is 36.4 Å². The number of hydrogen-bond acceptors (Lipinski definition) is 8. The van der Waals surface area contributed by atoms with E-state index in [1.165, 1.54) is 32.2 Å². The van der Waals surface area contributed by atoms with E-state index in [0.29, 0.717) is 41.9 Å². The van der Waals surface area contributed by atoms with Gasteiger partial charge in [0.1, 0.15) is 12.3 Å². The number of nitrogens with one attached hydrogen (secondary N) is 3. The van der Waals surface area contributed by atoms with Gasteiger partial charge in [-0.25, -0.2) is 10.2 Å². The summed E-state index contributed by atoms with van der Waals surface area (Å²) in [5.41, 5.74) is 9.08. The van der Waals surface area contributed by atoms with Crippen LogP contribution in [0.4, 0.5) is 21.5 Å². The average Bonchev–Trinajstić information content (AvgIpc) is 3.00. The number of carbonyl (C=O) groups is 3. The number of hydrogen-bond donors (Lipinski definition) is 5. The lowest BCUT2D eigenvalue weighted by molar-refractivity contribution is -0.120. The Morgan fingerprint density at radius 1 is 1.20 bits per heavy atom. The summed E-state index contributed by atoms with van der Waals surface area (Å²) in [5, 5.41) is 9.54. The van der Waals surface area contributed by atoms with Gasteiger partial charge in [0.25, 0.3) is 5.91 Å². The summed E-state index contributed by atoms with van der Waals surface area (Å²) < 4.78 is 19.5. The zero-order valence-corrected chi connectivity index (χ0v) is 25.4. The summed E-state index contributed by atoms with van der Waals surface area (Å²) in [7, 11) is 1.43. The number of allylic oxidation sites excluding steroid dienone is 1. The quantitative estimate of drug-likeness (QED) is 0.145. The Labute approximate surface area is 259 Å². The number of nitrogens with two attached hydrogens (primary N) is 2. The van der Waals surface area contributed by atoms with Gasteiger partial charge >= 0.3 is 0 Å². The molecule has 0 radical (unpaired) electrons. The van der Waals surface area contributed by atoms with Gasteiger partial charge in [0.15, 0.2) is 5.82 Å². The highest BCUT2D eigenvalue weighted by Crippen LogP contribution is 2.34. The molecule has 2 aromatic carbocycles. The third kappa shape index (κ3) is 7.51. The maximum atomic E-state index is 14.6. The molecule has 7 N–H and O–H groups in total. The van der Waals surface area contributed by atoms with Crippen LogP contribution in [0.3, 0.4) is 0 Å². The van der Waals surface area contributed by atoms with E-state index in [-0.39, 0.29) is 46.4 Å². The number of methoxy groups -OCH3 is 1. The van der Waals surface area contributed by atoms with Crippen molar-refractivity contribution < 1.29 is 23.5 Å². The van der Waals surface area contributed by atoms with Crippen molar-refractivity contribution in [2.75, 3.05) is 29.4 Å². The Hall–Kier alpha value is -4.52. The summed E-state index contributed by atoms with van der Waals surface area (Å²) >= 11 is 5.89. The fourth-order valence-corrected chi connectivity index (χ4v) is 4.98. The van der Waals surface area contributed by atoms with Crippen molar-refractivity contribution in [3.63, 3.8) is 0 Å². The summed E-state index contributed by atoms with van der Waals surface area (Å²) in [6.07, 6.45) is 3.21. The Morgan fingerprint density at radius 3 is 2.73 bits per heavy atom. The Bertz CT molecular complexity index is 1600. The lowest BCUT2D eigenvalue weighted by Crippen LogP contribution is -2.38. The molecule has 0 saturated heterocycles. The van der Waals surface area contributed by atoms with Crippen LogP contribution in [0.25, 0.3) is 11.1 Å². The molecule has 2 atom stereocenters. The van der Waals surface area contributed by atoms with Crippen molar-refractivity contribution in [2.24, 2.45) is 17.5 Å². The van der Waals surface area contributed by atoms with E-state index < -0.39 is 17.8 Å². The van der Waals surface area contributed by atoms with Crippen molar-refractivity contribution >= 4 is 46.4 Å². The van der Waals surface area contributed by atoms with Crippen LogP contribution >= 0.6 is 11.6 Å². The number of hydrazine groups is 1. The van der Waals surface area contributed by atoms with Crippen LogP contribution in [0.5, 0.6) is 0 Å². The number of carbonyl (C=O) groups excluding carboxylic acids is 3. The second-order valence-electron chi connectivity index (χ2n) is 10.5. The molecular weight excluding hydrogens is 589 g/mol. The number of ether oxygens (including phenoxy) is 1. The highest BCUT2D eigenvalue weighted by molar-refractivity contribution is 6.31. The maximum Gasteiger partial charge on any atom is 0.269 e. The lowest BCUT2D eigenvalue weighted by atomic mass is 9.95. The Balaban J connectivity index is 1.67. The van der Waals surface area contributed by atoms with Crippen LogP contribution in [0.15, 0.2) is 66.1 Å². The van der Waals surface area contributed by atoms with Gasteiger partial charge in [-0.1, -0.05) is 37.1 Å². The molecule has 4 rings (SSSR count). The maximum absolute atomic E-state index is 14.6. The Kier molecular flexibility index (Phi) is 10.5. The number of fused-ring (bicyclic) bond motifs is 4. The van der Waals surface area contributed by atoms with E-state index in [4.69, 9.17) is 27.9 Å². The highest BCUT2D eigenvalue weighted by atomic mass is 35.5. The zero-order valence-electron chi connectivity index (χ0n) is 24.6. The average molecular weight is 624 g/mol. The lowest BCUT2D eigenvalue weighted by Gasteiger charge is -2.24. The normalized spacial score (nSPS) is 17.2. The molecule has 1 aliphatic rings. The van der Waals surface area contributed by atoms with Crippen LogP contribution in [0, 0.1) is 11.7 Å². The molecule has 0 aliphatic carbocycles. The van der Waals surface area contributed by atoms with Gasteiger partial charge in [-0.15, -0.1) is 0 Å². The van der Waals surface area contributed by atoms with Gasteiger partial charge in [-0.05, 0) is 61.7 Å². The number of pyridine rings is 1. The number of amides is 3. The highest BCUT2D eigenvalue weighted by Gasteiger charge is 2.24. The molecule has 0 fully saturated rings. The smallest absolute Gasteiger partial charge is 0.269 e. The van der Waals surface area contributed by atoms with Crippen LogP contribution in [0.2, 0.25) is 5.02 Å². The number of nitrogens with zero attached hydrogens (tertiary/aromatic N) is 2. The van der Waals surface area contributed by atoms with Crippen molar-refractivity contribution in [3.05, 3.63) is 82.7 Å². The van der Waals surface area contributed by atoms with Crippen LogP contribution < -0.4 is 32.5 Å². The molecule has 1 aliphatic heterocycles. The van der Waals surface area contributed by atoms with Crippen LogP contribution in [-0.2, 0) is 19.1 Å². The first-order chi connectivity index (χ1) is 21.0. The molecule has 3 amide bonds. The molecule has 0 saturated carbocycles. The fraction of sp³-hybridized carbons (Fsp3) is 0.290. The van der Waals surface area contributed by atoms with E-state index in [1.54, 1.807) is 30.5 Å². The SMILES string of the molecule is COCC(=O)Nc1ccc2c(c1)NC(=O)C(C)CCCC(NC(=O)/C(N)=C(\C)N(N)c1cccc(Cl)c1F)c1cc-2ccn1. The largest absolute Gasteiger partial charge is 0.393 e. The minimum atomic E-state index is -0.743. The summed E-state index contributed by atoms with van der Waals surface area (Å²) in [6.45, 7) is 3.21. The second kappa shape index (κ2) is 14.3. The van der Waals surface area contributed by atoms with Gasteiger partial charge in [-0.3, -0.25) is 24.4 Å². The third-order valence-corrected chi connectivity index (χ3v) is 7.65. The first-order valence-corrected chi connectivity index (χ1v) is 14.3. The number of halogens is 2. The van der Waals surface area contributed by atoms with Gasteiger partial charge in [-0.2, -0.15) is 0 Å². The molecule has 1 aromatic heterocycles. The van der Waals surface area contributed by atoms with Crippen molar-refractivity contribution in [1.82, 2.24) is 10.3 Å². The number of anilines is 3. The molecule has 3 aromatic rings. The number of benzene rings is 2. The standard InChI is InChI=1S/C31H35ClFN7O4/c1-17-6-4-8-23(38-31(43)29(34)18(2)40(35)26-9-5-7-22(32)28(26)33)25-14-19(12-13-36-25)21-11-10-20(37-27(41)16-44-3)15-24(21)39-30(17)42/h5,7,9-15,17,23H,4,6,8,16,34-35H2,1-3H3,(H,37,41)(H,38,43)(H,39,42)/b29-18-. The summed E-state index contributed by atoms with van der Waals surface area (Å²) in [4.78, 5) is 43.1. The van der Waals surface area contributed by atoms with Gasteiger partial charge in [0.05, 0.1) is 33.8 Å². The molecule has 44 heavy (non-hydrogen) atoms. The number of rotatable bonds is 7. The topological polar surface area (TPSA) is 165 Å². The number of aromatic nitrogens is 1. The van der Waals surface area contributed by atoms with E-state index in [1.807, 2.05) is 13.0 Å². The fourth-order valence-electron chi connectivity index (χ4n) is 4.81. The van der Waals surface area contributed by atoms with Crippen molar-refractivity contribution in [1.29, 1.82) is 0 Å². The van der Waals surface area contributed by atoms with Crippen molar-refractivity contribution in [2.45, 2.75) is 39.2 Å². The van der Waals surface area contributed by atoms with E-state index in [2.05, 4.69) is 20.9 Å². The molecule has 2 bridgehead atoms. The van der Waals surface area contributed by atoms with Gasteiger partial charge in [0, 0.05) is 30.5 Å². The van der Waals surface area contributed by atoms with Crippen molar-refractivity contribution in [3.8, 4) is 11.1 Å². The first-order valence-electron chi connectivity index (χ1n) is 14.0. The minimum absolute atomic E-state index is 0.0431. The predicted molar refractivity (Wildman–Crippen MR) is 168 cm³/mol. The summed E-state index contributed by atoms with van der Waals surface area (Å²) in [5.74, 6) is 3.89. The molecule has 11 nitrogen and oxygen atoms in total. The molecule has 0 spiro atoms. The molecule has 13 heteroatoms. The van der Waals surface area contributed by atoms with E-state index in [9.17, 15) is 18.8 Å². The molecule has 2 unspecified atom stereocenters. The first kappa shape index (κ1) is 32.4. The van der Waals surface area contributed by atoms with Gasteiger partial charge < -0.3 is 26.4 Å². The molecule has 232 valence electrons. The predicted octanol–water partition coefficient (Wildman–Crippen LogP) is 4.61. The van der Waals surface area contributed by atoms with E-state index >= 15 is 0 Å². The second-order valence-corrected chi connectivity index (χ2v) is 10.9. The third-order valence-electron chi connectivity index (χ3n) is 7.36. The van der Waals surface area contributed by atoms with Crippen LogP contribution in [0.1, 0.15) is 44.8 Å². The molecular formula is C31H35ClFN7O4. The zero-order chi connectivity index (χ0) is 32.0. The summed E-state index contributed by atoms with van der Waals surface area (Å²) in [6, 6.07) is 12.6. The van der Waals surface area contributed by atoms with Gasteiger partial charge in [0.2, 0.25) is 11.8 Å².